The van der Waals surface area contributed by atoms with E-state index in [1.807, 2.05) is 11.3 Å². The second-order valence-corrected chi connectivity index (χ2v) is 17.3. The van der Waals surface area contributed by atoms with Crippen LogP contribution in [0, 0.1) is 0 Å². The van der Waals surface area contributed by atoms with Crippen molar-refractivity contribution in [2.45, 2.75) is 12.8 Å². The number of benzene rings is 10. The van der Waals surface area contributed by atoms with Crippen molar-refractivity contribution >= 4 is 91.8 Å². The molecule has 0 saturated carbocycles. The van der Waals surface area contributed by atoms with Crippen molar-refractivity contribution in [1.82, 2.24) is 0 Å². The molecule has 2 heterocycles. The summed E-state index contributed by atoms with van der Waals surface area (Å²) >= 11 is 1.88. The van der Waals surface area contributed by atoms with Gasteiger partial charge in [-0.1, -0.05) is 152 Å². The van der Waals surface area contributed by atoms with E-state index in [9.17, 15) is 0 Å². The standard InChI is InChI=1S/C58H36OS/c1-2-14-35(15-3-1)55-41-17-4-6-19-43(41)58(44-20-7-5-18-42(44)55)38-26-29-39-49-32-36(27-30-51(49)59-52(39)34-38)56-45-21-8-10-23-47(45)57(48-24-11-9-22-46(48)56)37-28-31-54-50(33-37)40-16-12-13-25-53(40)60-54/h1-8,10-21,23-34H,9,22H2. The Morgan fingerprint density at radius 1 is 0.350 bits per heavy atom. The maximum absolute atomic E-state index is 6.75. The molecule has 0 spiro atoms. The first kappa shape index (κ1) is 33.7. The maximum atomic E-state index is 6.75. The summed E-state index contributed by atoms with van der Waals surface area (Å²) in [5.74, 6) is 0. The van der Waals surface area contributed by atoms with Crippen molar-refractivity contribution < 1.29 is 4.42 Å². The Balaban J connectivity index is 0.993. The predicted octanol–water partition coefficient (Wildman–Crippen LogP) is 17.0. The summed E-state index contributed by atoms with van der Waals surface area (Å²) in [7, 11) is 0. The Hall–Kier alpha value is -7.26. The minimum Gasteiger partial charge on any atom is -0.456 e. The van der Waals surface area contributed by atoms with Crippen LogP contribution in [0.4, 0.5) is 0 Å². The van der Waals surface area contributed by atoms with Crippen LogP contribution >= 0.6 is 11.3 Å². The number of rotatable bonds is 4. The molecule has 0 amide bonds. The van der Waals surface area contributed by atoms with Gasteiger partial charge >= 0.3 is 0 Å². The zero-order chi connectivity index (χ0) is 39.3. The molecule has 0 unspecified atom stereocenters. The van der Waals surface area contributed by atoms with Crippen LogP contribution in [-0.2, 0) is 6.42 Å². The molecule has 12 aromatic rings. The van der Waals surface area contributed by atoms with Crippen molar-refractivity contribution in [3.05, 3.63) is 199 Å². The fraction of sp³-hybridized carbons (Fsp3) is 0.0345. The van der Waals surface area contributed by atoms with E-state index < -0.39 is 0 Å². The highest BCUT2D eigenvalue weighted by molar-refractivity contribution is 7.25. The molecule has 10 aromatic carbocycles. The third-order valence-corrected chi connectivity index (χ3v) is 14.1. The molecule has 0 saturated heterocycles. The van der Waals surface area contributed by atoms with E-state index in [-0.39, 0.29) is 0 Å². The molecule has 1 nitrogen and oxygen atoms in total. The molecular formula is C58H36OS. The summed E-state index contributed by atoms with van der Waals surface area (Å²) in [6, 6.07) is 67.1. The van der Waals surface area contributed by atoms with E-state index in [4.69, 9.17) is 4.42 Å². The molecule has 0 fully saturated rings. The van der Waals surface area contributed by atoms with Crippen LogP contribution in [0.3, 0.4) is 0 Å². The van der Waals surface area contributed by atoms with Gasteiger partial charge in [0.2, 0.25) is 0 Å². The Kier molecular flexibility index (Phi) is 7.37. The second kappa shape index (κ2) is 13.1. The van der Waals surface area contributed by atoms with E-state index >= 15 is 0 Å². The highest BCUT2D eigenvalue weighted by atomic mass is 32.1. The minimum atomic E-state index is 0.904. The molecule has 280 valence electrons. The van der Waals surface area contributed by atoms with Crippen LogP contribution in [0.1, 0.15) is 17.5 Å². The summed E-state index contributed by atoms with van der Waals surface area (Å²) in [5, 5.41) is 12.5. The number of thiophene rings is 1. The van der Waals surface area contributed by atoms with Crippen molar-refractivity contribution in [3.63, 3.8) is 0 Å². The molecule has 60 heavy (non-hydrogen) atoms. The normalized spacial score (nSPS) is 12.8. The number of allylic oxidation sites excluding steroid dienone is 1. The zero-order valence-corrected chi connectivity index (χ0v) is 33.5. The van der Waals surface area contributed by atoms with Gasteiger partial charge in [-0.3, -0.25) is 0 Å². The lowest BCUT2D eigenvalue weighted by Gasteiger charge is -2.24. The maximum Gasteiger partial charge on any atom is 0.136 e. The average Bonchev–Trinajstić information content (AvgIpc) is 3.87. The van der Waals surface area contributed by atoms with E-state index in [1.165, 1.54) is 103 Å². The van der Waals surface area contributed by atoms with Gasteiger partial charge in [0.05, 0.1) is 0 Å². The fourth-order valence-electron chi connectivity index (χ4n) is 10.4. The van der Waals surface area contributed by atoms with Crippen LogP contribution in [0.2, 0.25) is 0 Å². The van der Waals surface area contributed by atoms with Crippen LogP contribution in [0.25, 0.3) is 125 Å². The van der Waals surface area contributed by atoms with Gasteiger partial charge in [-0.15, -0.1) is 11.3 Å². The van der Waals surface area contributed by atoms with E-state index in [0.717, 1.165) is 40.3 Å². The molecule has 1 aliphatic rings. The van der Waals surface area contributed by atoms with Crippen molar-refractivity contribution in [2.24, 2.45) is 0 Å². The van der Waals surface area contributed by atoms with E-state index in [2.05, 4.69) is 194 Å². The topological polar surface area (TPSA) is 13.1 Å². The highest BCUT2D eigenvalue weighted by Crippen LogP contribution is 2.48. The smallest absolute Gasteiger partial charge is 0.136 e. The first-order valence-corrected chi connectivity index (χ1v) is 21.7. The molecule has 0 aliphatic heterocycles. The molecule has 2 heteroatoms. The predicted molar refractivity (Wildman–Crippen MR) is 258 cm³/mol. The average molecular weight is 781 g/mol. The molecular weight excluding hydrogens is 745 g/mol. The Labute approximate surface area is 351 Å². The van der Waals surface area contributed by atoms with Gasteiger partial charge < -0.3 is 4.42 Å². The number of furan rings is 1. The lowest BCUT2D eigenvalue weighted by molar-refractivity contribution is 0.669. The largest absolute Gasteiger partial charge is 0.456 e. The zero-order valence-electron chi connectivity index (χ0n) is 32.7. The molecule has 0 atom stereocenters. The minimum absolute atomic E-state index is 0.904. The van der Waals surface area contributed by atoms with Gasteiger partial charge in [-0.05, 0) is 143 Å². The molecule has 0 N–H and O–H groups in total. The van der Waals surface area contributed by atoms with Crippen LogP contribution in [0.15, 0.2) is 192 Å². The third-order valence-electron chi connectivity index (χ3n) is 12.9. The molecule has 0 radical (unpaired) electrons. The first-order valence-electron chi connectivity index (χ1n) is 20.9. The molecule has 1 aliphatic carbocycles. The van der Waals surface area contributed by atoms with Crippen molar-refractivity contribution in [2.75, 3.05) is 0 Å². The second-order valence-electron chi connectivity index (χ2n) is 16.2. The number of hydrogen-bond donors (Lipinski definition) is 0. The summed E-state index contributed by atoms with van der Waals surface area (Å²) in [4.78, 5) is 0. The van der Waals surface area contributed by atoms with Crippen molar-refractivity contribution in [1.29, 1.82) is 0 Å². The van der Waals surface area contributed by atoms with Crippen LogP contribution < -0.4 is 0 Å². The fourth-order valence-corrected chi connectivity index (χ4v) is 11.4. The van der Waals surface area contributed by atoms with Gasteiger partial charge in [-0.2, -0.15) is 0 Å². The summed E-state index contributed by atoms with van der Waals surface area (Å²) in [6.07, 6.45) is 6.77. The number of hydrogen-bond acceptors (Lipinski definition) is 2. The Morgan fingerprint density at radius 3 is 1.62 bits per heavy atom. The van der Waals surface area contributed by atoms with Crippen molar-refractivity contribution in [3.8, 4) is 44.5 Å². The van der Waals surface area contributed by atoms with E-state index in [0.29, 0.717) is 0 Å². The van der Waals surface area contributed by atoms with Gasteiger partial charge in [0.25, 0.3) is 0 Å². The van der Waals surface area contributed by atoms with Gasteiger partial charge in [0, 0.05) is 30.9 Å². The Bertz CT molecular complexity index is 3710. The lowest BCUT2D eigenvalue weighted by Crippen LogP contribution is -2.02. The third kappa shape index (κ3) is 4.98. The summed E-state index contributed by atoms with van der Waals surface area (Å²) < 4.78 is 9.42. The van der Waals surface area contributed by atoms with Gasteiger partial charge in [-0.25, -0.2) is 0 Å². The molecule has 0 bridgehead atoms. The monoisotopic (exact) mass is 780 g/mol. The Morgan fingerprint density at radius 2 is 0.883 bits per heavy atom. The van der Waals surface area contributed by atoms with Gasteiger partial charge in [0.1, 0.15) is 11.2 Å². The SMILES string of the molecule is C1=Cc2c(c(-c3ccc4oc5cc(-c6c7ccccc7c(-c7ccccc7)c7ccccc67)ccc5c4c3)c3ccccc3c2-c2ccc3sc4ccccc4c3c2)CC1. The van der Waals surface area contributed by atoms with Crippen LogP contribution in [0.5, 0.6) is 0 Å². The van der Waals surface area contributed by atoms with E-state index in [1.54, 1.807) is 0 Å². The molecule has 2 aromatic heterocycles. The van der Waals surface area contributed by atoms with Gasteiger partial charge in [0.15, 0.2) is 0 Å². The highest BCUT2D eigenvalue weighted by Gasteiger charge is 2.23. The summed E-state index contributed by atoms with van der Waals surface area (Å²) in [6.45, 7) is 0. The first-order chi connectivity index (χ1) is 29.8. The molecule has 13 rings (SSSR count). The van der Waals surface area contributed by atoms with Crippen LogP contribution in [-0.4, -0.2) is 0 Å². The summed E-state index contributed by atoms with van der Waals surface area (Å²) in [5.41, 5.74) is 14.7. The lowest BCUT2D eigenvalue weighted by atomic mass is 9.80. The number of fused-ring (bicyclic) bond motifs is 10. The quantitative estimate of drug-likeness (QED) is 0.162.